The molecule has 0 spiro atoms. The molecule has 0 bridgehead atoms. The number of hydrogen-bond acceptors (Lipinski definition) is 3. The maximum Gasteiger partial charge on any atom is 0.251 e. The lowest BCUT2D eigenvalue weighted by atomic mass is 9.92. The first kappa shape index (κ1) is 26.2. The van der Waals surface area contributed by atoms with Crippen molar-refractivity contribution in [3.8, 4) is 0 Å². The summed E-state index contributed by atoms with van der Waals surface area (Å²) in [6.07, 6.45) is 13.0. The van der Waals surface area contributed by atoms with E-state index in [0.717, 1.165) is 31.5 Å². The van der Waals surface area contributed by atoms with Crippen LogP contribution >= 0.6 is 0 Å². The maximum absolute atomic E-state index is 13.0. The van der Waals surface area contributed by atoms with Crippen molar-refractivity contribution in [2.75, 3.05) is 13.1 Å². The molecule has 2 saturated heterocycles. The quantitative estimate of drug-likeness (QED) is 0.413. The zero-order chi connectivity index (χ0) is 25.8. The average molecular weight is 500 g/mol. The van der Waals surface area contributed by atoms with Gasteiger partial charge in [-0.2, -0.15) is 0 Å². The van der Waals surface area contributed by atoms with Crippen LogP contribution < -0.4 is 5.32 Å². The van der Waals surface area contributed by atoms with Crippen LogP contribution in [-0.2, 0) is 0 Å². The molecule has 0 radical (unpaired) electrons. The van der Waals surface area contributed by atoms with Crippen LogP contribution in [0.25, 0.3) is 0 Å². The summed E-state index contributed by atoms with van der Waals surface area (Å²) < 4.78 is 0. The molecule has 1 aliphatic carbocycles. The van der Waals surface area contributed by atoms with E-state index in [1.165, 1.54) is 61.6 Å². The van der Waals surface area contributed by atoms with Crippen molar-refractivity contribution in [3.63, 3.8) is 0 Å². The Bertz CT molecular complexity index is 1060. The Morgan fingerprint density at radius 3 is 2.49 bits per heavy atom. The fourth-order valence-electron chi connectivity index (χ4n) is 7.24. The minimum absolute atomic E-state index is 0.0737. The van der Waals surface area contributed by atoms with E-state index in [4.69, 9.17) is 0 Å². The van der Waals surface area contributed by atoms with Crippen LogP contribution in [0.15, 0.2) is 61.2 Å². The van der Waals surface area contributed by atoms with Gasteiger partial charge in [0.25, 0.3) is 5.91 Å². The van der Waals surface area contributed by atoms with Crippen molar-refractivity contribution in [2.45, 2.75) is 102 Å². The topological polar surface area (TPSA) is 35.6 Å². The number of aryl methyl sites for hydroxylation is 1. The fraction of sp³-hybridized carbons (Fsp3) is 0.545. The summed E-state index contributed by atoms with van der Waals surface area (Å²) in [6.45, 7) is 10.7. The summed E-state index contributed by atoms with van der Waals surface area (Å²) in [4.78, 5) is 18.4. The molecule has 2 aliphatic heterocycles. The van der Waals surface area contributed by atoms with Crippen molar-refractivity contribution < 1.29 is 4.79 Å². The third-order valence-corrected chi connectivity index (χ3v) is 9.12. The molecule has 4 nitrogen and oxygen atoms in total. The van der Waals surface area contributed by atoms with Crippen LogP contribution in [0.5, 0.6) is 0 Å². The van der Waals surface area contributed by atoms with Crippen LogP contribution in [0.4, 0.5) is 0 Å². The van der Waals surface area contributed by atoms with Crippen LogP contribution in [0.1, 0.15) is 97.8 Å². The highest BCUT2D eigenvalue weighted by molar-refractivity contribution is 5.94. The molecule has 4 heteroatoms. The molecular weight excluding hydrogens is 454 g/mol. The number of carbonyl (C=O) groups excluding carboxylic acids is 1. The minimum atomic E-state index is 0.0737. The van der Waals surface area contributed by atoms with Gasteiger partial charge in [-0.05, 0) is 82.2 Å². The van der Waals surface area contributed by atoms with E-state index in [9.17, 15) is 4.79 Å². The Kier molecular flexibility index (Phi) is 8.46. The number of amides is 1. The molecule has 3 aliphatic rings. The van der Waals surface area contributed by atoms with Crippen LogP contribution in [0.3, 0.4) is 0 Å². The van der Waals surface area contributed by atoms with Gasteiger partial charge >= 0.3 is 0 Å². The molecule has 37 heavy (non-hydrogen) atoms. The Morgan fingerprint density at radius 1 is 0.973 bits per heavy atom. The van der Waals surface area contributed by atoms with Crippen LogP contribution in [0, 0.1) is 6.92 Å². The first-order valence-electron chi connectivity index (χ1n) is 14.6. The molecule has 2 heterocycles. The largest absolute Gasteiger partial charge is 0.349 e. The summed E-state index contributed by atoms with van der Waals surface area (Å²) in [5.74, 6) is 0.0737. The number of nitrogens with zero attached hydrogens (tertiary/aromatic N) is 2. The highest BCUT2D eigenvalue weighted by Crippen LogP contribution is 2.40. The highest BCUT2D eigenvalue weighted by atomic mass is 16.1. The molecule has 2 aromatic carbocycles. The Balaban J connectivity index is 1.42. The molecule has 198 valence electrons. The van der Waals surface area contributed by atoms with Gasteiger partial charge in [-0.15, -0.1) is 6.58 Å². The Labute approximate surface area is 224 Å². The molecular formula is C33H45N3O. The van der Waals surface area contributed by atoms with Gasteiger partial charge in [0, 0.05) is 36.3 Å². The number of nitrogens with one attached hydrogen (secondary N) is 1. The summed E-state index contributed by atoms with van der Waals surface area (Å²) >= 11 is 0. The third kappa shape index (κ3) is 5.86. The summed E-state index contributed by atoms with van der Waals surface area (Å²) in [6, 6.07) is 19.8. The Morgan fingerprint density at radius 2 is 1.76 bits per heavy atom. The maximum atomic E-state index is 13.0. The van der Waals surface area contributed by atoms with E-state index in [1.54, 1.807) is 0 Å². The molecule has 1 amide bonds. The number of carbonyl (C=O) groups is 1. The predicted molar refractivity (Wildman–Crippen MR) is 153 cm³/mol. The molecule has 3 fully saturated rings. The second-order valence-electron chi connectivity index (χ2n) is 11.7. The van der Waals surface area contributed by atoms with Crippen LogP contribution in [-0.4, -0.2) is 53.0 Å². The van der Waals surface area contributed by atoms with Gasteiger partial charge in [-0.1, -0.05) is 67.3 Å². The van der Waals surface area contributed by atoms with Crippen molar-refractivity contribution in [1.29, 1.82) is 0 Å². The van der Waals surface area contributed by atoms with E-state index in [0.29, 0.717) is 24.2 Å². The normalized spacial score (nSPS) is 26.3. The summed E-state index contributed by atoms with van der Waals surface area (Å²) in [5, 5.41) is 3.28. The van der Waals surface area contributed by atoms with Crippen molar-refractivity contribution in [1.82, 2.24) is 15.1 Å². The summed E-state index contributed by atoms with van der Waals surface area (Å²) in [5.41, 5.74) is 4.71. The number of likely N-dealkylation sites (tertiary alicyclic amines) is 2. The van der Waals surface area contributed by atoms with Gasteiger partial charge in [0.15, 0.2) is 0 Å². The molecule has 2 aromatic rings. The zero-order valence-electron chi connectivity index (χ0n) is 22.9. The monoisotopic (exact) mass is 499 g/mol. The van der Waals surface area contributed by atoms with Crippen molar-refractivity contribution in [3.05, 3.63) is 83.4 Å². The third-order valence-electron chi connectivity index (χ3n) is 9.12. The van der Waals surface area contributed by atoms with E-state index >= 15 is 0 Å². The summed E-state index contributed by atoms with van der Waals surface area (Å²) in [7, 11) is 0. The predicted octanol–water partition coefficient (Wildman–Crippen LogP) is 6.65. The second-order valence-corrected chi connectivity index (χ2v) is 11.7. The highest BCUT2D eigenvalue weighted by Gasteiger charge is 2.42. The lowest BCUT2D eigenvalue weighted by Gasteiger charge is -2.40. The molecule has 4 atom stereocenters. The van der Waals surface area contributed by atoms with Crippen LogP contribution in [0.2, 0.25) is 0 Å². The second kappa shape index (κ2) is 12.0. The molecule has 5 rings (SSSR count). The average Bonchev–Trinajstić information content (AvgIpc) is 3.52. The van der Waals surface area contributed by atoms with Gasteiger partial charge in [0.1, 0.15) is 0 Å². The minimum Gasteiger partial charge on any atom is -0.349 e. The molecule has 1 N–H and O–H groups in total. The number of rotatable bonds is 8. The zero-order valence-corrected chi connectivity index (χ0v) is 22.9. The lowest BCUT2D eigenvalue weighted by molar-refractivity contribution is 0.0927. The van der Waals surface area contributed by atoms with E-state index in [-0.39, 0.29) is 11.9 Å². The number of hydrogen-bond donors (Lipinski definition) is 1. The molecule has 1 saturated carbocycles. The number of benzene rings is 2. The smallest absolute Gasteiger partial charge is 0.251 e. The Hall–Kier alpha value is -2.43. The standard InChI is InChI=1S/C33H45N3O/c1-4-21-35-25(3)15-20-31(35)30-14-9-22-36(30)32(28-11-8-10-24(2)23-28)26-16-18-27(19-17-26)33(37)34-29-12-6-5-7-13-29/h4,8,10-11,16-19,23,25,29-32H,1,5-7,9,12-15,20-22H2,2-3H3,(H,34,37). The SMILES string of the molecule is C=CCN1C(C)CCC1C1CCCN1C(c1ccc(C(=O)NC2CCCCC2)cc1)c1cccc(C)c1. The molecule has 4 unspecified atom stereocenters. The van der Waals surface area contributed by atoms with Crippen molar-refractivity contribution in [2.24, 2.45) is 0 Å². The molecule has 0 aromatic heterocycles. The van der Waals surface area contributed by atoms with Gasteiger partial charge < -0.3 is 5.32 Å². The van der Waals surface area contributed by atoms with Gasteiger partial charge in [-0.3, -0.25) is 14.6 Å². The van der Waals surface area contributed by atoms with Crippen molar-refractivity contribution >= 4 is 5.91 Å². The van der Waals surface area contributed by atoms with Gasteiger partial charge in [0.2, 0.25) is 0 Å². The first-order valence-corrected chi connectivity index (χ1v) is 14.6. The van der Waals surface area contributed by atoms with E-state index in [2.05, 4.69) is 78.0 Å². The van der Waals surface area contributed by atoms with Gasteiger partial charge in [0.05, 0.1) is 6.04 Å². The van der Waals surface area contributed by atoms with E-state index < -0.39 is 0 Å². The lowest BCUT2D eigenvalue weighted by Crippen LogP contribution is -2.49. The fourth-order valence-corrected chi connectivity index (χ4v) is 7.24. The first-order chi connectivity index (χ1) is 18.0. The van der Waals surface area contributed by atoms with Gasteiger partial charge in [-0.25, -0.2) is 0 Å². The van der Waals surface area contributed by atoms with E-state index in [1.807, 2.05) is 12.1 Å².